The molecule has 9 nitrogen and oxygen atoms in total. The number of aliphatic carboxylic acids is 1. The first-order chi connectivity index (χ1) is 14.9. The number of rotatable bonds is 10. The van der Waals surface area contributed by atoms with E-state index in [0.29, 0.717) is 13.0 Å². The minimum Gasteiger partial charge on any atom is -0.480 e. The van der Waals surface area contributed by atoms with E-state index in [2.05, 4.69) is 27.9 Å². The normalized spacial score (nSPS) is 17.7. The maximum Gasteiger partial charge on any atom is 0.317 e. The summed E-state index contributed by atoms with van der Waals surface area (Å²) >= 11 is 0. The van der Waals surface area contributed by atoms with Gasteiger partial charge in [-0.25, -0.2) is 0 Å². The predicted molar refractivity (Wildman–Crippen MR) is 114 cm³/mol. The average molecular weight is 425 g/mol. The number of nitrogens with one attached hydrogen (secondary N) is 4. The quantitative estimate of drug-likeness (QED) is 0.381. The molecule has 2 heterocycles. The molecule has 1 fully saturated rings. The molecule has 0 saturated carbocycles. The zero-order valence-electron chi connectivity index (χ0n) is 17.4. The minimum absolute atomic E-state index is 0.0856. The second-order valence-corrected chi connectivity index (χ2v) is 7.77. The molecule has 0 spiro atoms. The van der Waals surface area contributed by atoms with Crippen LogP contribution in [0.15, 0.2) is 24.3 Å². The van der Waals surface area contributed by atoms with Crippen molar-refractivity contribution in [3.8, 4) is 6.07 Å². The maximum absolute atomic E-state index is 12.8. The van der Waals surface area contributed by atoms with Crippen LogP contribution in [0.4, 0.5) is 0 Å². The number of aromatic amines is 1. The first-order valence-electron chi connectivity index (χ1n) is 10.4. The van der Waals surface area contributed by atoms with E-state index in [9.17, 15) is 19.6 Å². The van der Waals surface area contributed by atoms with Gasteiger partial charge in [-0.2, -0.15) is 5.26 Å². The lowest BCUT2D eigenvalue weighted by Gasteiger charge is -2.25. The Morgan fingerprint density at radius 2 is 2.19 bits per heavy atom. The van der Waals surface area contributed by atoms with E-state index in [1.807, 2.05) is 30.3 Å². The second-order valence-electron chi connectivity index (χ2n) is 7.77. The van der Waals surface area contributed by atoms with E-state index in [1.165, 1.54) is 5.56 Å². The molecule has 2 amide bonds. The number of aryl methyl sites for hydroxylation is 1. The number of nitrogens with zero attached hydrogens (tertiary/aromatic N) is 1. The Labute approximate surface area is 180 Å². The fraction of sp³-hybridized carbons (Fsp3) is 0.455. The molecule has 164 valence electrons. The van der Waals surface area contributed by atoms with Gasteiger partial charge in [0.05, 0.1) is 25.1 Å². The van der Waals surface area contributed by atoms with E-state index in [-0.39, 0.29) is 30.6 Å². The monoisotopic (exact) mass is 425 g/mol. The molecule has 0 radical (unpaired) electrons. The number of carbonyl (C=O) groups is 3. The summed E-state index contributed by atoms with van der Waals surface area (Å²) in [7, 11) is 0. The zero-order valence-corrected chi connectivity index (χ0v) is 17.4. The predicted octanol–water partition coefficient (Wildman–Crippen LogP) is 0.850. The number of aromatic nitrogens is 1. The van der Waals surface area contributed by atoms with Gasteiger partial charge in [0, 0.05) is 29.1 Å². The van der Waals surface area contributed by atoms with E-state index in [0.717, 1.165) is 23.0 Å². The van der Waals surface area contributed by atoms with Crippen molar-refractivity contribution < 1.29 is 19.5 Å². The molecule has 2 aromatic rings. The fourth-order valence-electron chi connectivity index (χ4n) is 4.04. The maximum atomic E-state index is 12.8. The summed E-state index contributed by atoms with van der Waals surface area (Å²) < 4.78 is 0. The highest BCUT2D eigenvalue weighted by Gasteiger charge is 2.32. The van der Waals surface area contributed by atoms with Crippen LogP contribution < -0.4 is 16.0 Å². The summed E-state index contributed by atoms with van der Waals surface area (Å²) in [5, 5.41) is 27.8. The van der Waals surface area contributed by atoms with Crippen molar-refractivity contribution in [3.63, 3.8) is 0 Å². The number of carboxylic acid groups (broad SMARTS) is 1. The Bertz CT molecular complexity index is 1010. The molecule has 0 bridgehead atoms. The van der Waals surface area contributed by atoms with Crippen LogP contribution in [0, 0.1) is 17.2 Å². The smallest absolute Gasteiger partial charge is 0.317 e. The number of hydrogen-bond acceptors (Lipinski definition) is 5. The third-order valence-corrected chi connectivity index (χ3v) is 5.60. The van der Waals surface area contributed by atoms with Gasteiger partial charge in [-0.3, -0.25) is 19.7 Å². The van der Waals surface area contributed by atoms with Crippen LogP contribution in [0.25, 0.3) is 10.9 Å². The number of fused-ring (bicyclic) bond motifs is 1. The van der Waals surface area contributed by atoms with Crippen molar-refractivity contribution in [2.45, 2.75) is 44.7 Å². The Balaban J connectivity index is 1.72. The van der Waals surface area contributed by atoms with Gasteiger partial charge < -0.3 is 20.7 Å². The van der Waals surface area contributed by atoms with Crippen molar-refractivity contribution in [3.05, 3.63) is 35.5 Å². The Morgan fingerprint density at radius 3 is 2.84 bits per heavy atom. The van der Waals surface area contributed by atoms with Gasteiger partial charge in [0.1, 0.15) is 6.04 Å². The molecule has 1 aromatic heterocycles. The number of carboxylic acids is 1. The summed E-state index contributed by atoms with van der Waals surface area (Å²) in [6.07, 6.45) is 1.84. The van der Waals surface area contributed by atoms with E-state index in [4.69, 9.17) is 5.11 Å². The average Bonchev–Trinajstić information content (AvgIpc) is 3.33. The summed E-state index contributed by atoms with van der Waals surface area (Å²) in [5.74, 6) is -1.84. The Kier molecular flexibility index (Phi) is 7.26. The van der Waals surface area contributed by atoms with Gasteiger partial charge in [0.2, 0.25) is 11.8 Å². The lowest BCUT2D eigenvalue weighted by atomic mass is 9.94. The van der Waals surface area contributed by atoms with Crippen LogP contribution in [0.1, 0.15) is 31.0 Å². The van der Waals surface area contributed by atoms with Crippen molar-refractivity contribution in [1.29, 1.82) is 5.26 Å². The van der Waals surface area contributed by atoms with Crippen LogP contribution in [-0.2, 0) is 27.2 Å². The van der Waals surface area contributed by atoms with Gasteiger partial charge in [-0.1, -0.05) is 19.1 Å². The molecule has 1 aliphatic rings. The molecule has 3 unspecified atom stereocenters. The summed E-state index contributed by atoms with van der Waals surface area (Å²) in [6, 6.07) is 8.33. The number of benzene rings is 1. The van der Waals surface area contributed by atoms with Crippen molar-refractivity contribution in [2.24, 2.45) is 5.92 Å². The molecule has 9 heteroatoms. The zero-order chi connectivity index (χ0) is 22.4. The Hall–Kier alpha value is -3.38. The van der Waals surface area contributed by atoms with Crippen LogP contribution in [0.2, 0.25) is 0 Å². The van der Waals surface area contributed by atoms with E-state index < -0.39 is 24.6 Å². The van der Waals surface area contributed by atoms with Crippen LogP contribution in [-0.4, -0.2) is 53.0 Å². The molecule has 1 saturated heterocycles. The number of H-pyrrole nitrogens is 1. The van der Waals surface area contributed by atoms with Crippen molar-refractivity contribution >= 4 is 28.7 Å². The topological polar surface area (TPSA) is 147 Å². The van der Waals surface area contributed by atoms with Gasteiger partial charge in [-0.05, 0) is 37.0 Å². The van der Waals surface area contributed by atoms with Crippen molar-refractivity contribution in [1.82, 2.24) is 20.9 Å². The van der Waals surface area contributed by atoms with Gasteiger partial charge >= 0.3 is 5.97 Å². The highest BCUT2D eigenvalue weighted by molar-refractivity contribution is 5.86. The minimum atomic E-state index is -1.10. The Morgan fingerprint density at radius 1 is 1.39 bits per heavy atom. The van der Waals surface area contributed by atoms with Crippen LogP contribution in [0.3, 0.4) is 0 Å². The molecule has 31 heavy (non-hydrogen) atoms. The SMILES string of the molecule is CCc1cccc2[nH]c(CC(=O)NC(CC3CCNC3=O)C(C#N)NCC(=O)O)cc12. The lowest BCUT2D eigenvalue weighted by molar-refractivity contribution is -0.136. The number of amides is 2. The molecule has 0 aliphatic carbocycles. The first kappa shape index (κ1) is 22.3. The molecule has 5 N–H and O–H groups in total. The highest BCUT2D eigenvalue weighted by atomic mass is 16.4. The number of nitriles is 1. The molecule has 1 aliphatic heterocycles. The molecule has 3 atom stereocenters. The fourth-order valence-corrected chi connectivity index (χ4v) is 4.04. The lowest BCUT2D eigenvalue weighted by Crippen LogP contribution is -2.52. The molecule has 1 aromatic carbocycles. The first-order valence-corrected chi connectivity index (χ1v) is 10.4. The molecular weight excluding hydrogens is 398 g/mol. The summed E-state index contributed by atoms with van der Waals surface area (Å²) in [4.78, 5) is 38.9. The highest BCUT2D eigenvalue weighted by Crippen LogP contribution is 2.21. The largest absolute Gasteiger partial charge is 0.480 e. The summed E-state index contributed by atoms with van der Waals surface area (Å²) in [5.41, 5.74) is 2.89. The van der Waals surface area contributed by atoms with Gasteiger partial charge in [-0.15, -0.1) is 0 Å². The van der Waals surface area contributed by atoms with Crippen LogP contribution in [0.5, 0.6) is 0 Å². The van der Waals surface area contributed by atoms with Gasteiger partial charge in [0.15, 0.2) is 0 Å². The van der Waals surface area contributed by atoms with Gasteiger partial charge in [0.25, 0.3) is 0 Å². The van der Waals surface area contributed by atoms with E-state index >= 15 is 0 Å². The van der Waals surface area contributed by atoms with Crippen molar-refractivity contribution in [2.75, 3.05) is 13.1 Å². The summed E-state index contributed by atoms with van der Waals surface area (Å²) in [6.45, 7) is 2.21. The third kappa shape index (κ3) is 5.61. The second kappa shape index (κ2) is 10.1. The number of carbonyl (C=O) groups excluding carboxylic acids is 2. The number of hydrogen-bond donors (Lipinski definition) is 5. The van der Waals surface area contributed by atoms with Crippen LogP contribution >= 0.6 is 0 Å². The standard InChI is InChI=1S/C22H27N5O4/c1-2-13-4-3-5-17-16(13)9-15(26-17)10-20(28)27-18(8-14-6-7-24-22(14)31)19(11-23)25-12-21(29)30/h3-5,9,14,18-19,25-26H,2,6-8,10,12H2,1H3,(H,24,31)(H,27,28)(H,29,30). The molecular formula is C22H27N5O4. The third-order valence-electron chi connectivity index (χ3n) is 5.60. The van der Waals surface area contributed by atoms with E-state index in [1.54, 1.807) is 0 Å². The molecule has 3 rings (SSSR count).